The highest BCUT2D eigenvalue weighted by Gasteiger charge is 2.09. The first-order valence-corrected chi connectivity index (χ1v) is 4.68. The van der Waals surface area contributed by atoms with Gasteiger partial charge in [0.05, 0.1) is 0 Å². The lowest BCUT2D eigenvalue weighted by molar-refractivity contribution is 0.476. The number of hydrogen-bond acceptors (Lipinski definition) is 2. The van der Waals surface area contributed by atoms with E-state index in [-0.39, 0.29) is 5.54 Å². The number of nitrogens with zero attached hydrogens (tertiary/aromatic N) is 1. The minimum absolute atomic E-state index is 0.0785. The Bertz CT molecular complexity index is 256. The lowest BCUT2D eigenvalue weighted by Crippen LogP contribution is -2.32. The van der Waals surface area contributed by atoms with Crippen LogP contribution < -0.4 is 5.73 Å². The van der Waals surface area contributed by atoms with Gasteiger partial charge in [0.2, 0.25) is 0 Å². The summed E-state index contributed by atoms with van der Waals surface area (Å²) in [6.45, 7) is 6.10. The van der Waals surface area contributed by atoms with Crippen molar-refractivity contribution in [1.82, 2.24) is 4.98 Å². The number of rotatable bonds is 3. The van der Waals surface area contributed by atoms with Crippen molar-refractivity contribution in [3.63, 3.8) is 0 Å². The summed E-state index contributed by atoms with van der Waals surface area (Å²) >= 11 is 0. The average Bonchev–Trinajstić information content (AvgIpc) is 2.02. The Balaban J connectivity index is 2.51. The molecule has 0 aliphatic carbocycles. The Morgan fingerprint density at radius 1 is 1.38 bits per heavy atom. The zero-order valence-electron chi connectivity index (χ0n) is 8.67. The molecule has 1 aromatic rings. The van der Waals surface area contributed by atoms with Gasteiger partial charge in [0, 0.05) is 17.4 Å². The predicted octanol–water partition coefficient (Wildman–Crippen LogP) is 2.06. The highest BCUT2D eigenvalue weighted by molar-refractivity contribution is 5.13. The van der Waals surface area contributed by atoms with Gasteiger partial charge in [-0.3, -0.25) is 4.98 Å². The van der Waals surface area contributed by atoms with Crippen LogP contribution in [0, 0.1) is 6.92 Å². The summed E-state index contributed by atoms with van der Waals surface area (Å²) in [5.41, 5.74) is 8.15. The van der Waals surface area contributed by atoms with Crippen molar-refractivity contribution in [3.8, 4) is 0 Å². The van der Waals surface area contributed by atoms with Crippen LogP contribution in [0.3, 0.4) is 0 Å². The van der Waals surface area contributed by atoms with E-state index in [9.17, 15) is 0 Å². The molecule has 0 bridgehead atoms. The third kappa shape index (κ3) is 4.04. The van der Waals surface area contributed by atoms with E-state index in [1.165, 1.54) is 5.56 Å². The SMILES string of the molecule is Cc1ccc(CCC(C)(C)N)cn1. The van der Waals surface area contributed by atoms with E-state index in [1.807, 2.05) is 19.2 Å². The molecule has 1 aromatic heterocycles. The van der Waals surface area contributed by atoms with Crippen molar-refractivity contribution in [2.45, 2.75) is 39.2 Å². The fraction of sp³-hybridized carbons (Fsp3) is 0.545. The summed E-state index contributed by atoms with van der Waals surface area (Å²) in [4.78, 5) is 4.24. The van der Waals surface area contributed by atoms with E-state index >= 15 is 0 Å². The topological polar surface area (TPSA) is 38.9 Å². The molecule has 1 rings (SSSR count). The van der Waals surface area contributed by atoms with E-state index in [0.717, 1.165) is 18.5 Å². The largest absolute Gasteiger partial charge is 0.326 e. The molecule has 0 aromatic carbocycles. The standard InChI is InChI=1S/C11H18N2/c1-9-4-5-10(8-13-9)6-7-11(2,3)12/h4-5,8H,6-7,12H2,1-3H3. The maximum atomic E-state index is 5.89. The van der Waals surface area contributed by atoms with Gasteiger partial charge in [-0.1, -0.05) is 6.07 Å². The first kappa shape index (κ1) is 10.2. The van der Waals surface area contributed by atoms with Crippen molar-refractivity contribution < 1.29 is 0 Å². The molecule has 2 heteroatoms. The van der Waals surface area contributed by atoms with Crippen LogP contribution in [0.5, 0.6) is 0 Å². The normalized spacial score (nSPS) is 11.7. The molecule has 0 spiro atoms. The monoisotopic (exact) mass is 178 g/mol. The summed E-state index contributed by atoms with van der Waals surface area (Å²) in [5, 5.41) is 0. The van der Waals surface area contributed by atoms with Crippen molar-refractivity contribution in [2.24, 2.45) is 5.73 Å². The second-order valence-electron chi connectivity index (χ2n) is 4.30. The maximum absolute atomic E-state index is 5.89. The van der Waals surface area contributed by atoms with Gasteiger partial charge in [-0.25, -0.2) is 0 Å². The molecule has 72 valence electrons. The molecule has 0 saturated carbocycles. The van der Waals surface area contributed by atoms with Gasteiger partial charge in [-0.15, -0.1) is 0 Å². The maximum Gasteiger partial charge on any atom is 0.0372 e. The summed E-state index contributed by atoms with van der Waals surface area (Å²) in [6.07, 6.45) is 3.94. The quantitative estimate of drug-likeness (QED) is 0.769. The van der Waals surface area contributed by atoms with Gasteiger partial charge in [0.1, 0.15) is 0 Å². The van der Waals surface area contributed by atoms with Gasteiger partial charge in [-0.05, 0) is 45.2 Å². The number of aromatic nitrogens is 1. The molecule has 1 heterocycles. The second-order valence-corrected chi connectivity index (χ2v) is 4.30. The summed E-state index contributed by atoms with van der Waals surface area (Å²) in [7, 11) is 0. The first-order chi connectivity index (χ1) is 5.97. The Morgan fingerprint density at radius 2 is 2.08 bits per heavy atom. The fourth-order valence-electron chi connectivity index (χ4n) is 1.11. The van der Waals surface area contributed by atoms with Crippen molar-refractivity contribution >= 4 is 0 Å². The fourth-order valence-corrected chi connectivity index (χ4v) is 1.11. The molecule has 0 radical (unpaired) electrons. The lowest BCUT2D eigenvalue weighted by atomic mass is 9.97. The Morgan fingerprint density at radius 3 is 2.54 bits per heavy atom. The van der Waals surface area contributed by atoms with Gasteiger partial charge in [0.25, 0.3) is 0 Å². The molecule has 0 aliphatic rings. The summed E-state index contributed by atoms with van der Waals surface area (Å²) in [5.74, 6) is 0. The van der Waals surface area contributed by atoms with Crippen LogP contribution in [0.15, 0.2) is 18.3 Å². The van der Waals surface area contributed by atoms with Crippen LogP contribution in [0.4, 0.5) is 0 Å². The number of nitrogens with two attached hydrogens (primary N) is 1. The van der Waals surface area contributed by atoms with E-state index < -0.39 is 0 Å². The van der Waals surface area contributed by atoms with Crippen molar-refractivity contribution in [2.75, 3.05) is 0 Å². The average molecular weight is 178 g/mol. The van der Waals surface area contributed by atoms with Crippen LogP contribution >= 0.6 is 0 Å². The molecule has 2 N–H and O–H groups in total. The van der Waals surface area contributed by atoms with Crippen molar-refractivity contribution in [1.29, 1.82) is 0 Å². The molecule has 0 atom stereocenters. The molecular formula is C11H18N2. The molecule has 0 amide bonds. The summed E-state index contributed by atoms with van der Waals surface area (Å²) < 4.78 is 0. The summed E-state index contributed by atoms with van der Waals surface area (Å²) in [6, 6.07) is 4.16. The van der Waals surface area contributed by atoms with Crippen LogP contribution in [-0.2, 0) is 6.42 Å². The third-order valence-corrected chi connectivity index (χ3v) is 2.03. The van der Waals surface area contributed by atoms with Crippen LogP contribution in [0.25, 0.3) is 0 Å². The van der Waals surface area contributed by atoms with Crippen LogP contribution in [0.1, 0.15) is 31.5 Å². The third-order valence-electron chi connectivity index (χ3n) is 2.03. The molecule has 2 nitrogen and oxygen atoms in total. The van der Waals surface area contributed by atoms with E-state index in [0.29, 0.717) is 0 Å². The molecule has 0 unspecified atom stereocenters. The van der Waals surface area contributed by atoms with E-state index in [2.05, 4.69) is 24.9 Å². The predicted molar refractivity (Wildman–Crippen MR) is 55.6 cm³/mol. The zero-order chi connectivity index (χ0) is 9.90. The van der Waals surface area contributed by atoms with E-state index in [4.69, 9.17) is 5.73 Å². The highest BCUT2D eigenvalue weighted by Crippen LogP contribution is 2.10. The van der Waals surface area contributed by atoms with E-state index in [1.54, 1.807) is 0 Å². The molecular weight excluding hydrogens is 160 g/mol. The Labute approximate surface area is 80.2 Å². The molecule has 0 aliphatic heterocycles. The Hall–Kier alpha value is -0.890. The minimum atomic E-state index is -0.0785. The smallest absolute Gasteiger partial charge is 0.0372 e. The van der Waals surface area contributed by atoms with Crippen LogP contribution in [-0.4, -0.2) is 10.5 Å². The zero-order valence-corrected chi connectivity index (χ0v) is 8.67. The van der Waals surface area contributed by atoms with Crippen molar-refractivity contribution in [3.05, 3.63) is 29.6 Å². The minimum Gasteiger partial charge on any atom is -0.326 e. The second kappa shape index (κ2) is 3.88. The van der Waals surface area contributed by atoms with Crippen LogP contribution in [0.2, 0.25) is 0 Å². The molecule has 0 fully saturated rings. The number of pyridine rings is 1. The van der Waals surface area contributed by atoms with Gasteiger partial charge >= 0.3 is 0 Å². The van der Waals surface area contributed by atoms with Gasteiger partial charge in [0.15, 0.2) is 0 Å². The first-order valence-electron chi connectivity index (χ1n) is 4.68. The highest BCUT2D eigenvalue weighted by atomic mass is 14.7. The lowest BCUT2D eigenvalue weighted by Gasteiger charge is -2.17. The number of hydrogen-bond donors (Lipinski definition) is 1. The Kier molecular flexibility index (Phi) is 3.04. The van der Waals surface area contributed by atoms with Gasteiger partial charge in [-0.2, -0.15) is 0 Å². The van der Waals surface area contributed by atoms with Gasteiger partial charge < -0.3 is 5.73 Å². The number of aryl methyl sites for hydroxylation is 2. The molecule has 13 heavy (non-hydrogen) atoms. The molecule has 0 saturated heterocycles.